The number of aromatic nitrogens is 2. The molecule has 3 nitrogen and oxygen atoms in total. The van der Waals surface area contributed by atoms with Crippen molar-refractivity contribution in [2.45, 2.75) is 18.4 Å². The highest BCUT2D eigenvalue weighted by atomic mass is 16.3. The summed E-state index contributed by atoms with van der Waals surface area (Å²) in [4.78, 5) is 7.44. The third-order valence-corrected chi connectivity index (χ3v) is 3.66. The molecule has 0 bridgehead atoms. The number of hydrogen-bond donors (Lipinski definition) is 2. The van der Waals surface area contributed by atoms with Crippen molar-refractivity contribution >= 4 is 21.8 Å². The predicted octanol–water partition coefficient (Wildman–Crippen LogP) is 2.70. The molecule has 1 aromatic carbocycles. The SMILES string of the molecule is OC1(c2ccc3[nH]c4cnccc4c3c2)CC1. The summed E-state index contributed by atoms with van der Waals surface area (Å²) in [5.74, 6) is 0. The van der Waals surface area contributed by atoms with Gasteiger partial charge in [-0.1, -0.05) is 6.07 Å². The van der Waals surface area contributed by atoms with E-state index in [1.807, 2.05) is 24.4 Å². The maximum Gasteiger partial charge on any atom is 0.0899 e. The van der Waals surface area contributed by atoms with Gasteiger partial charge in [0.25, 0.3) is 0 Å². The number of fused-ring (bicyclic) bond motifs is 3. The van der Waals surface area contributed by atoms with Crippen LogP contribution in [0.2, 0.25) is 0 Å². The molecule has 4 rings (SSSR count). The summed E-state index contributed by atoms with van der Waals surface area (Å²) in [5.41, 5.74) is 2.61. The summed E-state index contributed by atoms with van der Waals surface area (Å²) < 4.78 is 0. The smallest absolute Gasteiger partial charge is 0.0899 e. The lowest BCUT2D eigenvalue weighted by atomic mass is 10.0. The van der Waals surface area contributed by atoms with Crippen LogP contribution in [-0.2, 0) is 5.60 Å². The first-order valence-corrected chi connectivity index (χ1v) is 5.85. The maximum absolute atomic E-state index is 10.1. The Balaban J connectivity index is 2.07. The van der Waals surface area contributed by atoms with Gasteiger partial charge >= 0.3 is 0 Å². The zero-order valence-corrected chi connectivity index (χ0v) is 9.27. The van der Waals surface area contributed by atoms with Crippen molar-refractivity contribution in [3.63, 3.8) is 0 Å². The molecule has 1 saturated carbocycles. The molecule has 17 heavy (non-hydrogen) atoms. The second-order valence-electron chi connectivity index (χ2n) is 4.84. The minimum Gasteiger partial charge on any atom is -0.385 e. The van der Waals surface area contributed by atoms with Gasteiger partial charge in [0.05, 0.1) is 17.3 Å². The van der Waals surface area contributed by atoms with Crippen molar-refractivity contribution in [2.24, 2.45) is 0 Å². The molecule has 0 aliphatic heterocycles. The normalized spacial score (nSPS) is 17.7. The fourth-order valence-corrected chi connectivity index (χ4v) is 2.45. The van der Waals surface area contributed by atoms with Gasteiger partial charge in [0.1, 0.15) is 0 Å². The molecule has 1 aliphatic carbocycles. The van der Waals surface area contributed by atoms with E-state index in [2.05, 4.69) is 16.0 Å². The van der Waals surface area contributed by atoms with E-state index in [-0.39, 0.29) is 0 Å². The first-order chi connectivity index (χ1) is 8.26. The van der Waals surface area contributed by atoms with E-state index in [9.17, 15) is 5.11 Å². The number of nitrogens with one attached hydrogen (secondary N) is 1. The lowest BCUT2D eigenvalue weighted by Crippen LogP contribution is -2.03. The molecule has 2 heterocycles. The molecule has 1 fully saturated rings. The molecule has 0 atom stereocenters. The van der Waals surface area contributed by atoms with Crippen LogP contribution >= 0.6 is 0 Å². The molecule has 0 radical (unpaired) electrons. The van der Waals surface area contributed by atoms with E-state index in [0.717, 1.165) is 29.4 Å². The minimum absolute atomic E-state index is 0.565. The molecular formula is C14H12N2O. The molecular weight excluding hydrogens is 212 g/mol. The predicted molar refractivity (Wildman–Crippen MR) is 66.7 cm³/mol. The highest BCUT2D eigenvalue weighted by molar-refractivity contribution is 6.07. The third-order valence-electron chi connectivity index (χ3n) is 3.66. The van der Waals surface area contributed by atoms with Gasteiger partial charge in [-0.25, -0.2) is 0 Å². The topological polar surface area (TPSA) is 48.9 Å². The molecule has 84 valence electrons. The van der Waals surface area contributed by atoms with Crippen LogP contribution in [0.1, 0.15) is 18.4 Å². The standard InChI is InChI=1S/C14H12N2O/c17-14(4-5-14)9-1-2-12-11(7-9)10-3-6-15-8-13(10)16-12/h1-3,6-8,16-17H,4-5H2. The van der Waals surface area contributed by atoms with Crippen LogP contribution in [0.25, 0.3) is 21.8 Å². The maximum atomic E-state index is 10.1. The summed E-state index contributed by atoms with van der Waals surface area (Å²) in [7, 11) is 0. The fourth-order valence-electron chi connectivity index (χ4n) is 2.45. The molecule has 0 saturated heterocycles. The molecule has 0 spiro atoms. The van der Waals surface area contributed by atoms with Gasteiger partial charge in [-0.2, -0.15) is 0 Å². The van der Waals surface area contributed by atoms with Gasteiger partial charge in [-0.15, -0.1) is 0 Å². The Hall–Kier alpha value is -1.87. The Labute approximate surface area is 98.1 Å². The van der Waals surface area contributed by atoms with Crippen LogP contribution in [0.5, 0.6) is 0 Å². The molecule has 1 aliphatic rings. The number of benzene rings is 1. The van der Waals surface area contributed by atoms with Gasteiger partial charge in [0.15, 0.2) is 0 Å². The van der Waals surface area contributed by atoms with E-state index >= 15 is 0 Å². The van der Waals surface area contributed by atoms with Crippen LogP contribution in [0, 0.1) is 0 Å². The van der Waals surface area contributed by atoms with Crippen molar-refractivity contribution in [2.75, 3.05) is 0 Å². The van der Waals surface area contributed by atoms with Crippen LogP contribution in [0.15, 0.2) is 36.7 Å². The average Bonchev–Trinajstić information content (AvgIpc) is 3.00. The van der Waals surface area contributed by atoms with Crippen LogP contribution in [0.3, 0.4) is 0 Å². The van der Waals surface area contributed by atoms with Gasteiger partial charge < -0.3 is 10.1 Å². The van der Waals surface area contributed by atoms with Gasteiger partial charge in [0, 0.05) is 22.5 Å². The third kappa shape index (κ3) is 1.23. The van der Waals surface area contributed by atoms with E-state index in [1.165, 1.54) is 10.8 Å². The molecule has 0 unspecified atom stereocenters. The number of H-pyrrole nitrogens is 1. The highest BCUT2D eigenvalue weighted by Gasteiger charge is 2.42. The van der Waals surface area contributed by atoms with Crippen LogP contribution in [0.4, 0.5) is 0 Å². The zero-order chi connectivity index (χ0) is 11.5. The molecule has 3 heteroatoms. The number of pyridine rings is 1. The van der Waals surface area contributed by atoms with E-state index < -0.39 is 5.60 Å². The molecule has 2 N–H and O–H groups in total. The first kappa shape index (κ1) is 9.19. The Morgan fingerprint density at radius 2 is 2.00 bits per heavy atom. The summed E-state index contributed by atoms with van der Waals surface area (Å²) in [6, 6.07) is 8.16. The van der Waals surface area contributed by atoms with E-state index in [0.29, 0.717) is 0 Å². The van der Waals surface area contributed by atoms with Crippen molar-refractivity contribution in [1.82, 2.24) is 9.97 Å². The monoisotopic (exact) mass is 224 g/mol. The second kappa shape index (κ2) is 2.87. The van der Waals surface area contributed by atoms with Crippen molar-refractivity contribution in [1.29, 1.82) is 0 Å². The Morgan fingerprint density at radius 1 is 1.12 bits per heavy atom. The number of hydrogen-bond acceptors (Lipinski definition) is 2. The average molecular weight is 224 g/mol. The number of aromatic amines is 1. The number of aliphatic hydroxyl groups is 1. The fraction of sp³-hybridized carbons (Fsp3) is 0.214. The van der Waals surface area contributed by atoms with Gasteiger partial charge in [0.2, 0.25) is 0 Å². The quantitative estimate of drug-likeness (QED) is 0.667. The molecule has 3 aromatic rings. The number of rotatable bonds is 1. The lowest BCUT2D eigenvalue weighted by molar-refractivity contribution is 0.151. The van der Waals surface area contributed by atoms with Crippen LogP contribution < -0.4 is 0 Å². The largest absolute Gasteiger partial charge is 0.385 e. The van der Waals surface area contributed by atoms with E-state index in [4.69, 9.17) is 0 Å². The minimum atomic E-state index is -0.565. The molecule has 2 aromatic heterocycles. The van der Waals surface area contributed by atoms with Crippen molar-refractivity contribution in [3.8, 4) is 0 Å². The van der Waals surface area contributed by atoms with Crippen LogP contribution in [-0.4, -0.2) is 15.1 Å². The Kier molecular flexibility index (Phi) is 1.55. The van der Waals surface area contributed by atoms with Crippen molar-refractivity contribution in [3.05, 3.63) is 42.2 Å². The highest BCUT2D eigenvalue weighted by Crippen LogP contribution is 2.46. The lowest BCUT2D eigenvalue weighted by Gasteiger charge is -2.07. The first-order valence-electron chi connectivity index (χ1n) is 5.85. The number of nitrogens with zero attached hydrogens (tertiary/aromatic N) is 1. The summed E-state index contributed by atoms with van der Waals surface area (Å²) in [5, 5.41) is 12.5. The van der Waals surface area contributed by atoms with E-state index in [1.54, 1.807) is 6.20 Å². The van der Waals surface area contributed by atoms with Gasteiger partial charge in [-0.3, -0.25) is 4.98 Å². The molecule has 0 amide bonds. The Morgan fingerprint density at radius 3 is 2.82 bits per heavy atom. The summed E-state index contributed by atoms with van der Waals surface area (Å²) in [6.45, 7) is 0. The zero-order valence-electron chi connectivity index (χ0n) is 9.27. The Bertz CT molecular complexity index is 725. The second-order valence-corrected chi connectivity index (χ2v) is 4.84. The summed E-state index contributed by atoms with van der Waals surface area (Å²) >= 11 is 0. The van der Waals surface area contributed by atoms with Crippen molar-refractivity contribution < 1.29 is 5.11 Å². The van der Waals surface area contributed by atoms with Gasteiger partial charge in [-0.05, 0) is 36.6 Å². The summed E-state index contributed by atoms with van der Waals surface area (Å²) in [6.07, 6.45) is 5.39.